The summed E-state index contributed by atoms with van der Waals surface area (Å²) >= 11 is -2.07. The van der Waals surface area contributed by atoms with Crippen LogP contribution < -0.4 is 5.32 Å². The number of carbonyl (C=O) groups is 1. The van der Waals surface area contributed by atoms with Crippen molar-refractivity contribution in [3.63, 3.8) is 0 Å². The van der Waals surface area contributed by atoms with E-state index in [1.165, 1.54) is 19.1 Å². The van der Waals surface area contributed by atoms with E-state index in [4.69, 9.17) is 4.55 Å². The zero-order chi connectivity index (χ0) is 23.6. The van der Waals surface area contributed by atoms with Gasteiger partial charge >= 0.3 is 18.0 Å². The predicted octanol–water partition coefficient (Wildman–Crippen LogP) is 5.44. The Bertz CT molecular complexity index is 927. The van der Waals surface area contributed by atoms with Crippen LogP contribution in [0.15, 0.2) is 48.5 Å². The van der Waals surface area contributed by atoms with Crippen molar-refractivity contribution < 1.29 is 44.3 Å². The number of amides is 1. The average molecular weight is 471 g/mol. The van der Waals surface area contributed by atoms with Gasteiger partial charge in [0.1, 0.15) is 0 Å². The smallest absolute Gasteiger partial charge is 0.326 e. The number of halogens is 7. The first-order chi connectivity index (χ1) is 14.2. The van der Waals surface area contributed by atoms with Crippen molar-refractivity contribution in [1.82, 2.24) is 0 Å². The molecule has 4 nitrogen and oxygen atoms in total. The number of alkyl halides is 7. The van der Waals surface area contributed by atoms with Crippen LogP contribution in [-0.4, -0.2) is 27.0 Å². The normalized spacial score (nSPS) is 14.7. The third-order valence-corrected chi connectivity index (χ3v) is 5.34. The molecule has 2 aromatic carbocycles. The molecular formula is C19H16F7NO3S. The molecule has 0 aliphatic carbocycles. The maximum absolute atomic E-state index is 14.0. The maximum Gasteiger partial charge on any atom is 0.435 e. The quantitative estimate of drug-likeness (QED) is 0.436. The van der Waals surface area contributed by atoms with E-state index in [-0.39, 0.29) is 12.1 Å². The fourth-order valence-corrected chi connectivity index (χ4v) is 3.07. The Hall–Kier alpha value is -2.47. The number of hydrogen-bond donors (Lipinski definition) is 2. The van der Waals surface area contributed by atoms with Crippen LogP contribution in [0.2, 0.25) is 0 Å². The van der Waals surface area contributed by atoms with Crippen LogP contribution >= 0.6 is 0 Å². The van der Waals surface area contributed by atoms with Gasteiger partial charge in [0.2, 0.25) is 5.91 Å². The van der Waals surface area contributed by atoms with Crippen LogP contribution in [0.25, 0.3) is 0 Å². The standard InChI is InChI=1S/C19H16F7NO3S/c1-11(31(29)30)13-4-2-12(3-5-13)10-16(28)27-15-8-6-14(7-9-15)17(20,18(21,22)23)19(24,25)26/h2-9,11H,10H2,1H3,(H,27,28)(H,29,30). The molecule has 0 fully saturated rings. The second-order valence-electron chi connectivity index (χ2n) is 6.62. The summed E-state index contributed by atoms with van der Waals surface area (Å²) in [5, 5.41) is 1.65. The van der Waals surface area contributed by atoms with Gasteiger partial charge in [-0.2, -0.15) is 26.3 Å². The first kappa shape index (κ1) is 24.8. The molecule has 2 atom stereocenters. The van der Waals surface area contributed by atoms with Gasteiger partial charge in [0.25, 0.3) is 0 Å². The average Bonchev–Trinajstić information content (AvgIpc) is 2.66. The molecule has 0 aliphatic rings. The van der Waals surface area contributed by atoms with Gasteiger partial charge in [-0.15, -0.1) is 0 Å². The monoisotopic (exact) mass is 471 g/mol. The zero-order valence-electron chi connectivity index (χ0n) is 15.7. The van der Waals surface area contributed by atoms with Crippen molar-refractivity contribution in [2.24, 2.45) is 0 Å². The van der Waals surface area contributed by atoms with Crippen LogP contribution in [-0.2, 0) is 28.0 Å². The van der Waals surface area contributed by atoms with E-state index in [1.54, 1.807) is 12.1 Å². The summed E-state index contributed by atoms with van der Waals surface area (Å²) in [6.45, 7) is 1.53. The van der Waals surface area contributed by atoms with Gasteiger partial charge in [0.15, 0.2) is 11.1 Å². The van der Waals surface area contributed by atoms with Crippen molar-refractivity contribution in [3.05, 3.63) is 65.2 Å². The summed E-state index contributed by atoms with van der Waals surface area (Å²) < 4.78 is 111. The van der Waals surface area contributed by atoms with E-state index >= 15 is 0 Å². The van der Waals surface area contributed by atoms with E-state index in [0.29, 0.717) is 23.3 Å². The molecule has 1 amide bonds. The summed E-state index contributed by atoms with van der Waals surface area (Å²) in [5.41, 5.74) is -6.26. The Labute approximate surface area is 174 Å². The minimum atomic E-state index is -6.22. The Morgan fingerprint density at radius 1 is 0.935 bits per heavy atom. The molecular weight excluding hydrogens is 455 g/mol. The summed E-state index contributed by atoms with van der Waals surface area (Å²) in [4.78, 5) is 12.1. The second kappa shape index (κ2) is 8.95. The van der Waals surface area contributed by atoms with Crippen molar-refractivity contribution in [3.8, 4) is 0 Å². The number of hydrogen-bond acceptors (Lipinski definition) is 2. The highest BCUT2D eigenvalue weighted by atomic mass is 32.2. The highest BCUT2D eigenvalue weighted by Gasteiger charge is 2.73. The fourth-order valence-electron chi connectivity index (χ4n) is 2.68. The van der Waals surface area contributed by atoms with Crippen LogP contribution in [0.1, 0.15) is 28.9 Å². The number of carbonyl (C=O) groups excluding carboxylic acids is 1. The molecule has 0 bridgehead atoms. The van der Waals surface area contributed by atoms with E-state index < -0.39 is 45.8 Å². The van der Waals surface area contributed by atoms with Crippen molar-refractivity contribution in [1.29, 1.82) is 0 Å². The Morgan fingerprint density at radius 2 is 1.42 bits per heavy atom. The zero-order valence-corrected chi connectivity index (χ0v) is 16.5. The lowest BCUT2D eigenvalue weighted by Gasteiger charge is -2.30. The Morgan fingerprint density at radius 3 is 1.84 bits per heavy atom. The first-order valence-electron chi connectivity index (χ1n) is 8.58. The van der Waals surface area contributed by atoms with Crippen molar-refractivity contribution in [2.45, 2.75) is 36.6 Å². The second-order valence-corrected chi connectivity index (χ2v) is 7.88. The molecule has 0 heterocycles. The molecule has 2 rings (SSSR count). The summed E-state index contributed by atoms with van der Waals surface area (Å²) in [7, 11) is 0. The molecule has 0 saturated carbocycles. The molecule has 170 valence electrons. The summed E-state index contributed by atoms with van der Waals surface area (Å²) in [5.74, 6) is -0.627. The van der Waals surface area contributed by atoms with Crippen LogP contribution in [0, 0.1) is 0 Å². The lowest BCUT2D eigenvalue weighted by Crippen LogP contribution is -2.50. The highest BCUT2D eigenvalue weighted by molar-refractivity contribution is 7.79. The molecule has 0 aromatic heterocycles. The van der Waals surface area contributed by atoms with Crippen molar-refractivity contribution in [2.75, 3.05) is 5.32 Å². The number of rotatable bonds is 6. The van der Waals surface area contributed by atoms with E-state index in [0.717, 1.165) is 12.1 Å². The lowest BCUT2D eigenvalue weighted by atomic mass is 9.94. The van der Waals surface area contributed by atoms with Gasteiger partial charge in [-0.05, 0) is 30.2 Å². The largest absolute Gasteiger partial charge is 0.435 e. The fraction of sp³-hybridized carbons (Fsp3) is 0.316. The Balaban J connectivity index is 2.11. The Kier molecular flexibility index (Phi) is 7.16. The van der Waals surface area contributed by atoms with E-state index in [1.807, 2.05) is 0 Å². The van der Waals surface area contributed by atoms with Gasteiger partial charge in [0.05, 0.1) is 11.7 Å². The molecule has 12 heteroatoms. The summed E-state index contributed by atoms with van der Waals surface area (Å²) in [6.07, 6.45) is -12.6. The molecule has 2 aromatic rings. The molecule has 2 N–H and O–H groups in total. The predicted molar refractivity (Wildman–Crippen MR) is 99.3 cm³/mol. The van der Waals surface area contributed by atoms with Gasteiger partial charge in [-0.25, -0.2) is 8.60 Å². The van der Waals surface area contributed by atoms with Crippen LogP contribution in [0.4, 0.5) is 36.4 Å². The van der Waals surface area contributed by atoms with Crippen molar-refractivity contribution >= 4 is 22.7 Å². The number of anilines is 1. The number of nitrogens with one attached hydrogen (secondary N) is 1. The van der Waals surface area contributed by atoms with E-state index in [9.17, 15) is 39.7 Å². The maximum atomic E-state index is 14.0. The van der Waals surface area contributed by atoms with Gasteiger partial charge < -0.3 is 9.87 Å². The van der Waals surface area contributed by atoms with Gasteiger partial charge in [-0.1, -0.05) is 36.4 Å². The molecule has 0 spiro atoms. The van der Waals surface area contributed by atoms with Gasteiger partial charge in [0, 0.05) is 11.3 Å². The summed E-state index contributed by atoms with van der Waals surface area (Å²) in [6, 6.07) is 8.25. The topological polar surface area (TPSA) is 66.4 Å². The molecule has 2 unspecified atom stereocenters. The third-order valence-electron chi connectivity index (χ3n) is 4.46. The SMILES string of the molecule is CC(c1ccc(CC(=O)Nc2ccc(C(F)(C(F)(F)F)C(F)(F)F)cc2)cc1)S(=O)O. The van der Waals surface area contributed by atoms with Crippen LogP contribution in [0.3, 0.4) is 0 Å². The number of benzene rings is 2. The highest BCUT2D eigenvalue weighted by Crippen LogP contribution is 2.53. The molecule has 31 heavy (non-hydrogen) atoms. The molecule has 0 saturated heterocycles. The van der Waals surface area contributed by atoms with Gasteiger partial charge in [-0.3, -0.25) is 4.79 Å². The minimum absolute atomic E-state index is 0.124. The minimum Gasteiger partial charge on any atom is -0.326 e. The molecule has 0 aliphatic heterocycles. The van der Waals surface area contributed by atoms with Crippen LogP contribution in [0.5, 0.6) is 0 Å². The van der Waals surface area contributed by atoms with E-state index in [2.05, 4.69) is 5.32 Å². The molecule has 0 radical (unpaired) electrons. The third kappa shape index (κ3) is 5.42. The lowest BCUT2D eigenvalue weighted by molar-refractivity contribution is -0.348. The first-order valence-corrected chi connectivity index (χ1v) is 9.75.